The lowest BCUT2D eigenvalue weighted by Gasteiger charge is -2.66. The number of aliphatic hydroxyl groups excluding tert-OH is 4. The Morgan fingerprint density at radius 2 is 1.64 bits per heavy atom. The predicted molar refractivity (Wildman–Crippen MR) is 91.4 cm³/mol. The standard InChI is InChI=1S/C20H30O5/c1-9-15-10(21)7-12-19(4)11(18(2,3)6-5-13(19)22)8-14(23)20(12,16(9)24)17(15)25/h10-15,17,21-23,25H,1,5-8H2,2-4H3/t10-,11+,12-,13-,14+,15?,17-,19+,20?/m0/s1. The number of fused-ring (bicyclic) bond motifs is 3. The third-order valence-corrected chi connectivity index (χ3v) is 8.62. The van der Waals surface area contributed by atoms with Crippen LogP contribution in [0.5, 0.6) is 0 Å². The largest absolute Gasteiger partial charge is 0.393 e. The Balaban J connectivity index is 1.93. The van der Waals surface area contributed by atoms with Gasteiger partial charge >= 0.3 is 0 Å². The number of aliphatic hydroxyl groups is 4. The number of carbonyl (C=O) groups excluding carboxylic acids is 1. The van der Waals surface area contributed by atoms with Crippen LogP contribution in [0, 0.1) is 34.0 Å². The number of Topliss-reactive ketones (excluding diaryl/α,β-unsaturated/α-hetero) is 1. The Hall–Kier alpha value is -0.750. The molecule has 1 spiro atoms. The molecule has 4 aliphatic carbocycles. The van der Waals surface area contributed by atoms with E-state index >= 15 is 0 Å². The van der Waals surface area contributed by atoms with Crippen LogP contribution in [0.2, 0.25) is 0 Å². The highest BCUT2D eigenvalue weighted by molar-refractivity contribution is 6.04. The van der Waals surface area contributed by atoms with Crippen LogP contribution in [0.3, 0.4) is 0 Å². The van der Waals surface area contributed by atoms with Gasteiger partial charge in [0.2, 0.25) is 0 Å². The van der Waals surface area contributed by atoms with Gasteiger partial charge in [-0.2, -0.15) is 0 Å². The lowest BCUT2D eigenvalue weighted by Crippen LogP contribution is -2.71. The molecule has 0 radical (unpaired) electrons. The van der Waals surface area contributed by atoms with Crippen molar-refractivity contribution in [1.82, 2.24) is 0 Å². The van der Waals surface area contributed by atoms with E-state index in [9.17, 15) is 25.2 Å². The molecule has 5 nitrogen and oxygen atoms in total. The average Bonchev–Trinajstić information content (AvgIpc) is 2.66. The molecule has 0 aromatic heterocycles. The van der Waals surface area contributed by atoms with Crippen LogP contribution >= 0.6 is 0 Å². The first-order valence-electron chi connectivity index (χ1n) is 9.46. The lowest BCUT2D eigenvalue weighted by atomic mass is 9.39. The molecule has 0 aliphatic heterocycles. The van der Waals surface area contributed by atoms with Crippen molar-refractivity contribution in [3.63, 3.8) is 0 Å². The second-order valence-electron chi connectivity index (χ2n) is 9.83. The minimum absolute atomic E-state index is 0.0204. The molecule has 4 rings (SSSR count). The van der Waals surface area contributed by atoms with E-state index in [1.54, 1.807) is 0 Å². The van der Waals surface area contributed by atoms with E-state index < -0.39 is 47.1 Å². The molecule has 0 amide bonds. The Labute approximate surface area is 148 Å². The molecule has 0 aromatic carbocycles. The quantitative estimate of drug-likeness (QED) is 0.489. The van der Waals surface area contributed by atoms with E-state index in [0.29, 0.717) is 19.3 Å². The van der Waals surface area contributed by atoms with Crippen molar-refractivity contribution in [1.29, 1.82) is 0 Å². The van der Waals surface area contributed by atoms with Crippen molar-refractivity contribution in [3.05, 3.63) is 12.2 Å². The van der Waals surface area contributed by atoms with Gasteiger partial charge in [-0.05, 0) is 48.5 Å². The molecule has 4 saturated carbocycles. The smallest absolute Gasteiger partial charge is 0.170 e. The van der Waals surface area contributed by atoms with Crippen LogP contribution in [0.15, 0.2) is 12.2 Å². The summed E-state index contributed by atoms with van der Waals surface area (Å²) in [6.07, 6.45) is -1.41. The van der Waals surface area contributed by atoms with Gasteiger partial charge in [0.1, 0.15) is 0 Å². The molecular formula is C20H30O5. The summed E-state index contributed by atoms with van der Waals surface area (Å²) >= 11 is 0. The second-order valence-corrected chi connectivity index (χ2v) is 9.83. The van der Waals surface area contributed by atoms with Gasteiger partial charge in [0.25, 0.3) is 0 Å². The van der Waals surface area contributed by atoms with Gasteiger partial charge in [-0.25, -0.2) is 0 Å². The topological polar surface area (TPSA) is 98.0 Å². The first-order valence-corrected chi connectivity index (χ1v) is 9.46. The Morgan fingerprint density at radius 3 is 2.28 bits per heavy atom. The lowest BCUT2D eigenvalue weighted by molar-refractivity contribution is -0.261. The maximum absolute atomic E-state index is 13.2. The van der Waals surface area contributed by atoms with E-state index in [2.05, 4.69) is 20.4 Å². The molecule has 2 bridgehead atoms. The zero-order chi connectivity index (χ0) is 18.5. The van der Waals surface area contributed by atoms with Crippen LogP contribution in [-0.2, 0) is 4.79 Å². The second kappa shape index (κ2) is 4.94. The molecule has 4 fully saturated rings. The SMILES string of the molecule is C=C1C(=O)C23[C@H](O)C[C@@H]4C(C)(C)CC[C@H](O)[C@@]4(C)[C@@H]2C[C@H](O)C1[C@@H]3O. The van der Waals surface area contributed by atoms with Crippen LogP contribution in [0.25, 0.3) is 0 Å². The number of rotatable bonds is 0. The summed E-state index contributed by atoms with van der Waals surface area (Å²) in [6.45, 7) is 10.1. The summed E-state index contributed by atoms with van der Waals surface area (Å²) in [5, 5.41) is 43.8. The molecule has 140 valence electrons. The van der Waals surface area contributed by atoms with E-state index in [0.717, 1.165) is 6.42 Å². The maximum atomic E-state index is 13.2. The summed E-state index contributed by atoms with van der Waals surface area (Å²) in [7, 11) is 0. The first kappa shape index (κ1) is 17.7. The van der Waals surface area contributed by atoms with E-state index in [1.807, 2.05) is 6.92 Å². The minimum Gasteiger partial charge on any atom is -0.393 e. The molecule has 9 atom stereocenters. The molecule has 4 N–H and O–H groups in total. The fourth-order valence-corrected chi connectivity index (χ4v) is 7.33. The van der Waals surface area contributed by atoms with Crippen LogP contribution in [-0.4, -0.2) is 50.6 Å². The highest BCUT2D eigenvalue weighted by Gasteiger charge is 2.76. The van der Waals surface area contributed by atoms with Crippen molar-refractivity contribution in [2.45, 2.75) is 70.9 Å². The van der Waals surface area contributed by atoms with Gasteiger partial charge in [0.15, 0.2) is 5.78 Å². The summed E-state index contributed by atoms with van der Waals surface area (Å²) < 4.78 is 0. The molecule has 0 saturated heterocycles. The third kappa shape index (κ3) is 1.76. The Morgan fingerprint density at radius 1 is 1.00 bits per heavy atom. The van der Waals surface area contributed by atoms with Crippen molar-refractivity contribution in [3.8, 4) is 0 Å². The van der Waals surface area contributed by atoms with Gasteiger partial charge in [0, 0.05) is 11.3 Å². The molecule has 5 heteroatoms. The summed E-state index contributed by atoms with van der Waals surface area (Å²) in [4.78, 5) is 13.2. The van der Waals surface area contributed by atoms with Gasteiger partial charge < -0.3 is 20.4 Å². The van der Waals surface area contributed by atoms with Gasteiger partial charge in [-0.15, -0.1) is 0 Å². The first-order chi connectivity index (χ1) is 11.5. The zero-order valence-electron chi connectivity index (χ0n) is 15.3. The third-order valence-electron chi connectivity index (χ3n) is 8.62. The van der Waals surface area contributed by atoms with E-state index in [-0.39, 0.29) is 22.7 Å². The van der Waals surface area contributed by atoms with Gasteiger partial charge in [0.05, 0.1) is 29.8 Å². The molecule has 0 heterocycles. The summed E-state index contributed by atoms with van der Waals surface area (Å²) in [6, 6.07) is 0. The molecular weight excluding hydrogens is 320 g/mol. The van der Waals surface area contributed by atoms with E-state index in [4.69, 9.17) is 0 Å². The van der Waals surface area contributed by atoms with Gasteiger partial charge in [-0.1, -0.05) is 27.4 Å². The van der Waals surface area contributed by atoms with Crippen LogP contribution < -0.4 is 0 Å². The fourth-order valence-electron chi connectivity index (χ4n) is 7.33. The van der Waals surface area contributed by atoms with Crippen molar-refractivity contribution >= 4 is 5.78 Å². The van der Waals surface area contributed by atoms with Gasteiger partial charge in [-0.3, -0.25) is 4.79 Å². The van der Waals surface area contributed by atoms with Crippen molar-refractivity contribution < 1.29 is 25.2 Å². The highest BCUT2D eigenvalue weighted by Crippen LogP contribution is 2.70. The number of hydrogen-bond donors (Lipinski definition) is 4. The Bertz CT molecular complexity index is 642. The van der Waals surface area contributed by atoms with Crippen molar-refractivity contribution in [2.24, 2.45) is 34.0 Å². The molecule has 4 aliphatic rings. The number of ketones is 1. The minimum atomic E-state index is -1.33. The zero-order valence-corrected chi connectivity index (χ0v) is 15.3. The summed E-state index contributed by atoms with van der Waals surface area (Å²) in [5.74, 6) is -1.45. The highest BCUT2D eigenvalue weighted by atomic mass is 16.3. The fraction of sp³-hybridized carbons (Fsp3) is 0.850. The van der Waals surface area contributed by atoms with Crippen LogP contribution in [0.4, 0.5) is 0 Å². The normalized spacial score (nSPS) is 57.2. The Kier molecular flexibility index (Phi) is 3.49. The van der Waals surface area contributed by atoms with Crippen molar-refractivity contribution in [2.75, 3.05) is 0 Å². The van der Waals surface area contributed by atoms with Crippen LogP contribution in [0.1, 0.15) is 46.5 Å². The summed E-state index contributed by atoms with van der Waals surface area (Å²) in [5.41, 5.74) is -1.82. The maximum Gasteiger partial charge on any atom is 0.170 e. The average molecular weight is 350 g/mol. The number of hydrogen-bond acceptors (Lipinski definition) is 5. The monoisotopic (exact) mass is 350 g/mol. The molecule has 25 heavy (non-hydrogen) atoms. The predicted octanol–water partition coefficient (Wildman–Crippen LogP) is 1.04. The number of carbonyl (C=O) groups is 1. The molecule has 2 unspecified atom stereocenters. The van der Waals surface area contributed by atoms with E-state index in [1.165, 1.54) is 0 Å². The molecule has 0 aromatic rings.